The van der Waals surface area contributed by atoms with E-state index in [0.29, 0.717) is 6.61 Å². The maximum atomic E-state index is 6.07. The average molecular weight is 322 g/mol. The predicted octanol–water partition coefficient (Wildman–Crippen LogP) is 3.90. The summed E-state index contributed by atoms with van der Waals surface area (Å²) in [5, 5.41) is 4.10. The quantitative estimate of drug-likeness (QED) is 0.387. The molecule has 0 amide bonds. The van der Waals surface area contributed by atoms with Crippen LogP contribution in [0.25, 0.3) is 0 Å². The van der Waals surface area contributed by atoms with Gasteiger partial charge in [0.1, 0.15) is 6.10 Å². The third-order valence-corrected chi connectivity index (χ3v) is 4.43. The molecular formula is C12H31NO3Si3. The van der Waals surface area contributed by atoms with E-state index in [-0.39, 0.29) is 6.10 Å². The first-order chi connectivity index (χ1) is 8.29. The van der Waals surface area contributed by atoms with Crippen LogP contribution in [0.5, 0.6) is 0 Å². The Morgan fingerprint density at radius 3 is 1.74 bits per heavy atom. The van der Waals surface area contributed by atoms with Gasteiger partial charge < -0.3 is 13.4 Å². The molecule has 0 aromatic rings. The Morgan fingerprint density at radius 2 is 1.37 bits per heavy atom. The fourth-order valence-electron chi connectivity index (χ4n) is 1.15. The molecule has 4 nitrogen and oxygen atoms in total. The lowest BCUT2D eigenvalue weighted by Crippen LogP contribution is -2.39. The summed E-state index contributed by atoms with van der Waals surface area (Å²) in [4.78, 5) is 0. The van der Waals surface area contributed by atoms with Gasteiger partial charge in [0.05, 0.1) is 12.8 Å². The molecule has 7 heteroatoms. The summed E-state index contributed by atoms with van der Waals surface area (Å²) >= 11 is 0. The molecule has 0 heterocycles. The van der Waals surface area contributed by atoms with Crippen LogP contribution in [-0.4, -0.2) is 43.9 Å². The van der Waals surface area contributed by atoms with E-state index in [9.17, 15) is 0 Å². The lowest BCUT2D eigenvalue weighted by atomic mass is 10.4. The summed E-state index contributed by atoms with van der Waals surface area (Å²) in [7, 11) is -4.76. The Kier molecular flexibility index (Phi) is 7.18. The molecule has 0 radical (unpaired) electrons. The standard InChI is InChI=1S/C12H31NO3Si3/c1-17(2,3)14-11-12(15-18(4,5)6)10-13-16-19(7,8)9/h10,12H,11H2,1-9H3. The smallest absolute Gasteiger partial charge is 0.278 e. The minimum atomic E-state index is -1.62. The summed E-state index contributed by atoms with van der Waals surface area (Å²) in [5.74, 6) is 0. The first-order valence-corrected chi connectivity index (χ1v) is 17.0. The molecule has 0 aliphatic rings. The average Bonchev–Trinajstić information content (AvgIpc) is 2.08. The van der Waals surface area contributed by atoms with Gasteiger partial charge in [-0.3, -0.25) is 0 Å². The van der Waals surface area contributed by atoms with Crippen LogP contribution in [0, 0.1) is 0 Å². The number of hydrogen-bond acceptors (Lipinski definition) is 4. The Labute approximate surface area is 121 Å². The van der Waals surface area contributed by atoms with Crippen molar-refractivity contribution in [2.24, 2.45) is 5.16 Å². The normalized spacial score (nSPS) is 15.8. The summed E-state index contributed by atoms with van der Waals surface area (Å²) in [5.41, 5.74) is 0. The van der Waals surface area contributed by atoms with Gasteiger partial charge in [-0.1, -0.05) is 0 Å². The first-order valence-electron chi connectivity index (χ1n) is 6.82. The maximum Gasteiger partial charge on any atom is 0.278 e. The molecule has 0 aromatic carbocycles. The van der Waals surface area contributed by atoms with Crippen molar-refractivity contribution >= 4 is 31.2 Å². The van der Waals surface area contributed by atoms with Gasteiger partial charge in [-0.15, -0.1) is 5.16 Å². The van der Waals surface area contributed by atoms with E-state index in [4.69, 9.17) is 13.4 Å². The topological polar surface area (TPSA) is 40.0 Å². The molecule has 0 spiro atoms. The molecule has 1 unspecified atom stereocenters. The monoisotopic (exact) mass is 321 g/mol. The van der Waals surface area contributed by atoms with Crippen molar-refractivity contribution in [2.75, 3.05) is 6.61 Å². The van der Waals surface area contributed by atoms with Crippen molar-refractivity contribution in [3.05, 3.63) is 0 Å². The highest BCUT2D eigenvalue weighted by molar-refractivity contribution is 6.70. The van der Waals surface area contributed by atoms with E-state index < -0.39 is 25.0 Å². The van der Waals surface area contributed by atoms with Crippen LogP contribution in [0.2, 0.25) is 58.9 Å². The second kappa shape index (κ2) is 7.16. The van der Waals surface area contributed by atoms with Crippen LogP contribution >= 0.6 is 0 Å². The first kappa shape index (κ1) is 19.0. The molecule has 19 heavy (non-hydrogen) atoms. The fraction of sp³-hybridized carbons (Fsp3) is 0.917. The maximum absolute atomic E-state index is 6.07. The highest BCUT2D eigenvalue weighted by Crippen LogP contribution is 2.10. The molecule has 114 valence electrons. The van der Waals surface area contributed by atoms with Crippen molar-refractivity contribution in [3.63, 3.8) is 0 Å². The number of hydrogen-bond donors (Lipinski definition) is 0. The van der Waals surface area contributed by atoms with Gasteiger partial charge in [0.25, 0.3) is 8.32 Å². The second-order valence-electron chi connectivity index (χ2n) is 7.65. The molecule has 0 aliphatic carbocycles. The molecule has 0 bridgehead atoms. The third kappa shape index (κ3) is 14.3. The SMILES string of the molecule is C[Si](C)(C)OCC(C=NO[Si](C)(C)C)O[Si](C)(C)C. The van der Waals surface area contributed by atoms with E-state index in [1.54, 1.807) is 6.21 Å². The van der Waals surface area contributed by atoms with Crippen LogP contribution in [0.15, 0.2) is 5.16 Å². The van der Waals surface area contributed by atoms with Crippen LogP contribution < -0.4 is 0 Å². The van der Waals surface area contributed by atoms with Gasteiger partial charge >= 0.3 is 0 Å². The van der Waals surface area contributed by atoms with E-state index in [1.165, 1.54) is 0 Å². The van der Waals surface area contributed by atoms with Gasteiger partial charge in [-0.2, -0.15) is 0 Å². The second-order valence-corrected chi connectivity index (χ2v) is 21.0. The van der Waals surface area contributed by atoms with Crippen molar-refractivity contribution in [2.45, 2.75) is 65.0 Å². The number of oxime groups is 1. The number of rotatable bonds is 8. The lowest BCUT2D eigenvalue weighted by molar-refractivity contribution is 0.168. The van der Waals surface area contributed by atoms with Crippen LogP contribution in [0.3, 0.4) is 0 Å². The minimum absolute atomic E-state index is 0.102. The molecule has 0 N–H and O–H groups in total. The Morgan fingerprint density at radius 1 is 0.842 bits per heavy atom. The largest absolute Gasteiger partial charge is 0.456 e. The Balaban J connectivity index is 4.51. The highest BCUT2D eigenvalue weighted by atomic mass is 28.4. The Hall–Kier alpha value is 0.0406. The van der Waals surface area contributed by atoms with Crippen LogP contribution in [-0.2, 0) is 13.4 Å². The molecule has 0 saturated carbocycles. The fourth-order valence-corrected chi connectivity index (χ4v) is 3.23. The van der Waals surface area contributed by atoms with Crippen LogP contribution in [0.1, 0.15) is 0 Å². The predicted molar refractivity (Wildman–Crippen MR) is 90.4 cm³/mol. The molecule has 1 atom stereocenters. The highest BCUT2D eigenvalue weighted by Gasteiger charge is 2.23. The molecule has 0 aliphatic heterocycles. The summed E-state index contributed by atoms with van der Waals surface area (Å²) in [6.45, 7) is 19.9. The van der Waals surface area contributed by atoms with E-state index in [2.05, 4.69) is 64.1 Å². The van der Waals surface area contributed by atoms with Crippen molar-refractivity contribution in [1.82, 2.24) is 0 Å². The molecule has 0 fully saturated rings. The third-order valence-electron chi connectivity index (χ3n) is 1.74. The lowest BCUT2D eigenvalue weighted by Gasteiger charge is -2.26. The van der Waals surface area contributed by atoms with Gasteiger partial charge in [-0.05, 0) is 58.9 Å². The summed E-state index contributed by atoms with van der Waals surface area (Å²) in [6.07, 6.45) is 1.66. The minimum Gasteiger partial charge on any atom is -0.456 e. The molecule has 0 saturated heterocycles. The zero-order valence-corrected chi connectivity index (χ0v) is 17.0. The molecule has 0 rings (SSSR count). The van der Waals surface area contributed by atoms with Gasteiger partial charge in [0.2, 0.25) is 0 Å². The summed E-state index contributed by atoms with van der Waals surface area (Å²) < 4.78 is 17.5. The molecular weight excluding hydrogens is 290 g/mol. The zero-order valence-electron chi connectivity index (χ0n) is 14.0. The van der Waals surface area contributed by atoms with Gasteiger partial charge in [0.15, 0.2) is 16.6 Å². The van der Waals surface area contributed by atoms with E-state index in [1.807, 2.05) is 0 Å². The van der Waals surface area contributed by atoms with Crippen molar-refractivity contribution in [1.29, 1.82) is 0 Å². The molecule has 0 aromatic heterocycles. The van der Waals surface area contributed by atoms with Gasteiger partial charge in [0, 0.05) is 0 Å². The zero-order chi connectivity index (χ0) is 15.3. The van der Waals surface area contributed by atoms with Crippen LogP contribution in [0.4, 0.5) is 0 Å². The van der Waals surface area contributed by atoms with Crippen molar-refractivity contribution in [3.8, 4) is 0 Å². The van der Waals surface area contributed by atoms with E-state index >= 15 is 0 Å². The Bertz CT molecular complexity index is 290. The van der Waals surface area contributed by atoms with Gasteiger partial charge in [-0.25, -0.2) is 0 Å². The van der Waals surface area contributed by atoms with E-state index in [0.717, 1.165) is 0 Å². The van der Waals surface area contributed by atoms with Crippen molar-refractivity contribution < 1.29 is 13.4 Å². The number of nitrogens with zero attached hydrogens (tertiary/aromatic N) is 1. The summed E-state index contributed by atoms with van der Waals surface area (Å²) in [6, 6.07) is 0.